The maximum atomic E-state index is 4.06. The van der Waals surface area contributed by atoms with Crippen molar-refractivity contribution in [1.29, 1.82) is 0 Å². The molecule has 0 aliphatic rings. The summed E-state index contributed by atoms with van der Waals surface area (Å²) < 4.78 is 1.77. The van der Waals surface area contributed by atoms with Gasteiger partial charge in [0.1, 0.15) is 12.7 Å². The first-order valence-electron chi connectivity index (χ1n) is 2.71. The molecule has 2 rings (SSSR count). The van der Waals surface area contributed by atoms with Crippen LogP contribution in [0.5, 0.6) is 0 Å². The van der Waals surface area contributed by atoms with E-state index < -0.39 is 0 Å². The van der Waals surface area contributed by atoms with Crippen LogP contribution in [0.15, 0.2) is 24.2 Å². The summed E-state index contributed by atoms with van der Waals surface area (Å²) in [6.07, 6.45) is 5.00. The van der Waals surface area contributed by atoms with E-state index in [4.69, 9.17) is 0 Å². The van der Waals surface area contributed by atoms with Crippen LogP contribution in [0.2, 0.25) is 0 Å². The molecule has 0 amide bonds. The number of thiazole rings is 1. The van der Waals surface area contributed by atoms with Crippen LogP contribution in [-0.2, 0) is 0 Å². The molecule has 2 heterocycles. The average Bonchev–Trinajstić information content (AvgIpc) is 2.59. The first-order valence-corrected chi connectivity index (χ1v) is 3.59. The molecule has 0 unspecified atom stereocenters. The van der Waals surface area contributed by atoms with Gasteiger partial charge in [0, 0.05) is 11.6 Å². The highest BCUT2D eigenvalue weighted by atomic mass is 32.1. The standard InChI is InChI=1S/C5H4N4S/c1-2-10-5(6-1)9-3-7-8-4-9/h1-4H. The van der Waals surface area contributed by atoms with E-state index in [1.54, 1.807) is 34.8 Å². The van der Waals surface area contributed by atoms with E-state index in [-0.39, 0.29) is 0 Å². The van der Waals surface area contributed by atoms with Gasteiger partial charge < -0.3 is 0 Å². The summed E-state index contributed by atoms with van der Waals surface area (Å²) in [7, 11) is 0. The summed E-state index contributed by atoms with van der Waals surface area (Å²) in [5, 5.41) is 10.1. The van der Waals surface area contributed by atoms with E-state index in [1.807, 2.05) is 5.38 Å². The van der Waals surface area contributed by atoms with E-state index in [2.05, 4.69) is 15.2 Å². The van der Waals surface area contributed by atoms with Gasteiger partial charge in [0.05, 0.1) is 0 Å². The van der Waals surface area contributed by atoms with Gasteiger partial charge in [0.15, 0.2) is 5.13 Å². The van der Waals surface area contributed by atoms with E-state index >= 15 is 0 Å². The summed E-state index contributed by atoms with van der Waals surface area (Å²) in [5.41, 5.74) is 0. The normalized spacial score (nSPS) is 10.0. The first kappa shape index (κ1) is 5.55. The summed E-state index contributed by atoms with van der Waals surface area (Å²) >= 11 is 1.55. The van der Waals surface area contributed by atoms with Gasteiger partial charge in [-0.25, -0.2) is 4.98 Å². The Hall–Kier alpha value is -1.23. The van der Waals surface area contributed by atoms with Crippen LogP contribution in [0, 0.1) is 0 Å². The molecule has 2 aromatic rings. The topological polar surface area (TPSA) is 43.6 Å². The fourth-order valence-electron chi connectivity index (χ4n) is 0.643. The molecule has 0 atom stereocenters. The van der Waals surface area contributed by atoms with Gasteiger partial charge >= 0.3 is 0 Å². The molecular formula is C5H4N4S. The molecule has 0 bridgehead atoms. The molecule has 0 fully saturated rings. The lowest BCUT2D eigenvalue weighted by Crippen LogP contribution is -1.86. The third-order valence-electron chi connectivity index (χ3n) is 1.06. The molecule has 0 aliphatic carbocycles. The van der Waals surface area contributed by atoms with E-state index in [0.717, 1.165) is 5.13 Å². The Morgan fingerprint density at radius 1 is 1.30 bits per heavy atom. The van der Waals surface area contributed by atoms with Crippen molar-refractivity contribution in [2.24, 2.45) is 0 Å². The minimum absolute atomic E-state index is 0.894. The maximum absolute atomic E-state index is 4.06. The Kier molecular flexibility index (Phi) is 1.21. The molecule has 4 nitrogen and oxygen atoms in total. The zero-order valence-corrected chi connectivity index (χ0v) is 5.82. The molecule has 2 aromatic heterocycles. The minimum atomic E-state index is 0.894. The van der Waals surface area contributed by atoms with Gasteiger partial charge in [0.25, 0.3) is 0 Å². The van der Waals surface area contributed by atoms with Crippen molar-refractivity contribution >= 4 is 11.3 Å². The van der Waals surface area contributed by atoms with Crippen molar-refractivity contribution in [2.75, 3.05) is 0 Å². The second kappa shape index (κ2) is 2.18. The van der Waals surface area contributed by atoms with Gasteiger partial charge in [-0.05, 0) is 0 Å². The zero-order chi connectivity index (χ0) is 6.81. The van der Waals surface area contributed by atoms with Crippen molar-refractivity contribution < 1.29 is 0 Å². The smallest absolute Gasteiger partial charge is 0.196 e. The molecule has 0 N–H and O–H groups in total. The van der Waals surface area contributed by atoms with Crippen LogP contribution in [0.25, 0.3) is 5.13 Å². The Labute approximate surface area is 61.2 Å². The number of aromatic nitrogens is 4. The largest absolute Gasteiger partial charge is 0.263 e. The lowest BCUT2D eigenvalue weighted by molar-refractivity contribution is 1.03. The van der Waals surface area contributed by atoms with Gasteiger partial charge in [0.2, 0.25) is 0 Å². The molecule has 0 aromatic carbocycles. The van der Waals surface area contributed by atoms with Crippen LogP contribution in [-0.4, -0.2) is 19.7 Å². The number of nitrogens with zero attached hydrogens (tertiary/aromatic N) is 4. The maximum Gasteiger partial charge on any atom is 0.196 e. The highest BCUT2D eigenvalue weighted by molar-refractivity contribution is 7.12. The third kappa shape index (κ3) is 0.801. The zero-order valence-electron chi connectivity index (χ0n) is 5.01. The molecule has 0 radical (unpaired) electrons. The molecule has 10 heavy (non-hydrogen) atoms. The van der Waals surface area contributed by atoms with Crippen LogP contribution in [0.4, 0.5) is 0 Å². The van der Waals surface area contributed by atoms with E-state index in [1.165, 1.54) is 0 Å². The molecule has 5 heteroatoms. The van der Waals surface area contributed by atoms with Crippen molar-refractivity contribution in [3.05, 3.63) is 24.2 Å². The average molecular weight is 152 g/mol. The predicted octanol–water partition coefficient (Wildman–Crippen LogP) is 0.724. The van der Waals surface area contributed by atoms with Gasteiger partial charge in [-0.2, -0.15) is 0 Å². The SMILES string of the molecule is c1csc(-n2cnnc2)n1. The number of hydrogen-bond donors (Lipinski definition) is 0. The second-order valence-corrected chi connectivity index (χ2v) is 2.56. The van der Waals surface area contributed by atoms with Crippen molar-refractivity contribution in [3.63, 3.8) is 0 Å². The quantitative estimate of drug-likeness (QED) is 0.604. The van der Waals surface area contributed by atoms with Crippen LogP contribution in [0.1, 0.15) is 0 Å². The molecular weight excluding hydrogens is 148 g/mol. The van der Waals surface area contributed by atoms with Crippen molar-refractivity contribution in [1.82, 2.24) is 19.7 Å². The molecule has 0 saturated carbocycles. The molecule has 0 saturated heterocycles. The number of hydrogen-bond acceptors (Lipinski definition) is 4. The summed E-state index contributed by atoms with van der Waals surface area (Å²) in [5.74, 6) is 0. The number of rotatable bonds is 1. The van der Waals surface area contributed by atoms with Crippen molar-refractivity contribution in [3.8, 4) is 5.13 Å². The Morgan fingerprint density at radius 3 is 2.70 bits per heavy atom. The fraction of sp³-hybridized carbons (Fsp3) is 0. The lowest BCUT2D eigenvalue weighted by atomic mass is 10.9. The summed E-state index contributed by atoms with van der Waals surface area (Å²) in [6, 6.07) is 0. The Bertz CT molecular complexity index is 253. The van der Waals surface area contributed by atoms with E-state index in [0.29, 0.717) is 0 Å². The first-order chi connectivity index (χ1) is 4.97. The van der Waals surface area contributed by atoms with Crippen molar-refractivity contribution in [2.45, 2.75) is 0 Å². The lowest BCUT2D eigenvalue weighted by Gasteiger charge is -1.88. The predicted molar refractivity (Wildman–Crippen MR) is 37.0 cm³/mol. The van der Waals surface area contributed by atoms with Gasteiger partial charge in [-0.1, -0.05) is 0 Å². The fourth-order valence-corrected chi connectivity index (χ4v) is 1.22. The Balaban J connectivity index is 2.48. The van der Waals surface area contributed by atoms with Crippen LogP contribution in [0.3, 0.4) is 0 Å². The van der Waals surface area contributed by atoms with Gasteiger partial charge in [-0.15, -0.1) is 21.5 Å². The summed E-state index contributed by atoms with van der Waals surface area (Å²) in [4.78, 5) is 4.06. The third-order valence-corrected chi connectivity index (χ3v) is 1.84. The highest BCUT2D eigenvalue weighted by Gasteiger charge is 1.95. The molecule has 0 spiro atoms. The van der Waals surface area contributed by atoms with E-state index in [9.17, 15) is 0 Å². The van der Waals surface area contributed by atoms with Crippen LogP contribution < -0.4 is 0 Å². The summed E-state index contributed by atoms with van der Waals surface area (Å²) in [6.45, 7) is 0. The molecule has 0 aliphatic heterocycles. The van der Waals surface area contributed by atoms with Gasteiger partial charge in [-0.3, -0.25) is 4.57 Å². The molecule has 50 valence electrons. The monoisotopic (exact) mass is 152 g/mol. The van der Waals surface area contributed by atoms with Crippen LogP contribution >= 0.6 is 11.3 Å². The highest BCUT2D eigenvalue weighted by Crippen LogP contribution is 2.08. The minimum Gasteiger partial charge on any atom is -0.263 e. The Morgan fingerprint density at radius 2 is 2.10 bits per heavy atom. The second-order valence-electron chi connectivity index (χ2n) is 1.68.